The topological polar surface area (TPSA) is 64.4 Å². The van der Waals surface area contributed by atoms with E-state index in [1.165, 1.54) is 0 Å². The first kappa shape index (κ1) is 12.2. The van der Waals surface area contributed by atoms with Crippen molar-refractivity contribution >= 4 is 24.0 Å². The molecule has 0 radical (unpaired) electrons. The van der Waals surface area contributed by atoms with Crippen LogP contribution in [0, 0.1) is 0 Å². The fourth-order valence-electron chi connectivity index (χ4n) is 1.88. The number of nitrogens with two attached hydrogens (primary N) is 1. The second-order valence-corrected chi connectivity index (χ2v) is 4.53. The number of amides is 1. The molecule has 17 heavy (non-hydrogen) atoms. The van der Waals surface area contributed by atoms with Crippen LogP contribution in [0.4, 0.5) is 5.69 Å². The predicted octanol–water partition coefficient (Wildman–Crippen LogP) is 1.47. The lowest BCUT2D eigenvalue weighted by Crippen LogP contribution is -2.37. The lowest BCUT2D eigenvalue weighted by atomic mass is 10.1. The number of benzene rings is 1. The number of nitrogens with one attached hydrogen (secondary N) is 1. The minimum Gasteiger partial charge on any atom is -0.493 e. The average molecular weight is 255 g/mol. The normalized spacial score (nSPS) is 18.6. The molecule has 0 bridgehead atoms. The van der Waals surface area contributed by atoms with Crippen molar-refractivity contribution in [3.05, 3.63) is 23.8 Å². The largest absolute Gasteiger partial charge is 0.493 e. The zero-order chi connectivity index (χ0) is 11.2. The predicted molar refractivity (Wildman–Crippen MR) is 67.7 cm³/mol. The van der Waals surface area contributed by atoms with Crippen LogP contribution in [0.15, 0.2) is 18.2 Å². The fourth-order valence-corrected chi connectivity index (χ4v) is 1.88. The van der Waals surface area contributed by atoms with E-state index >= 15 is 0 Å². The molecule has 1 aliphatic carbocycles. The van der Waals surface area contributed by atoms with Crippen LogP contribution < -0.4 is 15.8 Å². The molecule has 3 N–H and O–H groups in total. The summed E-state index contributed by atoms with van der Waals surface area (Å²) in [5.41, 5.74) is 7.16. The minimum atomic E-state index is -0.616. The van der Waals surface area contributed by atoms with Gasteiger partial charge in [0.15, 0.2) is 0 Å². The highest BCUT2D eigenvalue weighted by Gasteiger charge is 2.45. The van der Waals surface area contributed by atoms with Crippen LogP contribution in [0.1, 0.15) is 18.4 Å². The number of carbonyl (C=O) groups excluding carboxylic acids is 1. The average Bonchev–Trinajstić information content (AvgIpc) is 2.87. The first-order valence-corrected chi connectivity index (χ1v) is 5.53. The highest BCUT2D eigenvalue weighted by molar-refractivity contribution is 6.00. The lowest BCUT2D eigenvalue weighted by Gasteiger charge is -2.10. The Morgan fingerprint density at radius 2 is 2.18 bits per heavy atom. The van der Waals surface area contributed by atoms with Gasteiger partial charge in [-0.3, -0.25) is 4.79 Å². The summed E-state index contributed by atoms with van der Waals surface area (Å²) in [7, 11) is 0. The van der Waals surface area contributed by atoms with E-state index in [9.17, 15) is 4.79 Å². The van der Waals surface area contributed by atoms with Crippen LogP contribution in [0.2, 0.25) is 0 Å². The third kappa shape index (κ3) is 2.23. The molecule has 0 atom stereocenters. The van der Waals surface area contributed by atoms with Crippen molar-refractivity contribution < 1.29 is 9.53 Å². The molecule has 3 rings (SSSR count). The number of halogens is 1. The molecule has 92 valence electrons. The molecule has 0 saturated heterocycles. The molecule has 1 aromatic rings. The Morgan fingerprint density at radius 1 is 1.41 bits per heavy atom. The van der Waals surface area contributed by atoms with Crippen LogP contribution >= 0.6 is 12.4 Å². The van der Waals surface area contributed by atoms with Crippen molar-refractivity contribution in [1.82, 2.24) is 0 Å². The van der Waals surface area contributed by atoms with Gasteiger partial charge >= 0.3 is 0 Å². The number of anilines is 1. The molecule has 0 unspecified atom stereocenters. The van der Waals surface area contributed by atoms with Gasteiger partial charge in [0, 0.05) is 12.1 Å². The zero-order valence-electron chi connectivity index (χ0n) is 9.36. The van der Waals surface area contributed by atoms with E-state index in [4.69, 9.17) is 10.5 Å². The third-order valence-electron chi connectivity index (χ3n) is 3.19. The van der Waals surface area contributed by atoms with Gasteiger partial charge in [0.05, 0.1) is 12.1 Å². The summed E-state index contributed by atoms with van der Waals surface area (Å²) in [6.07, 6.45) is 2.48. The molecule has 1 aliphatic heterocycles. The molecule has 1 fully saturated rings. The summed E-state index contributed by atoms with van der Waals surface area (Å²) in [4.78, 5) is 11.7. The summed E-state index contributed by atoms with van der Waals surface area (Å²) in [6.45, 7) is 0.730. The van der Waals surface area contributed by atoms with Gasteiger partial charge in [-0.1, -0.05) is 0 Å². The van der Waals surface area contributed by atoms with E-state index in [0.717, 1.165) is 42.9 Å². The lowest BCUT2D eigenvalue weighted by molar-refractivity contribution is -0.118. The fraction of sp³-hybridized carbons (Fsp3) is 0.417. The second kappa shape index (κ2) is 4.20. The SMILES string of the molecule is Cl.NC1(C(=O)Nc2ccc3c(c2)CCO3)CC1. The van der Waals surface area contributed by atoms with Crippen LogP contribution in [0.25, 0.3) is 0 Å². The Balaban J connectivity index is 0.00000108. The Hall–Kier alpha value is -1.26. The van der Waals surface area contributed by atoms with Crippen molar-refractivity contribution in [2.75, 3.05) is 11.9 Å². The number of rotatable bonds is 2. The van der Waals surface area contributed by atoms with Gasteiger partial charge in [-0.2, -0.15) is 0 Å². The van der Waals surface area contributed by atoms with Crippen molar-refractivity contribution in [2.24, 2.45) is 5.73 Å². The summed E-state index contributed by atoms with van der Waals surface area (Å²) in [5.74, 6) is 0.846. The van der Waals surface area contributed by atoms with E-state index in [2.05, 4.69) is 5.32 Å². The Kier molecular flexibility index (Phi) is 3.02. The van der Waals surface area contributed by atoms with Crippen molar-refractivity contribution in [3.63, 3.8) is 0 Å². The van der Waals surface area contributed by atoms with Gasteiger partial charge in [0.2, 0.25) is 5.91 Å². The number of ether oxygens (including phenoxy) is 1. The quantitative estimate of drug-likeness (QED) is 0.840. The summed E-state index contributed by atoms with van der Waals surface area (Å²) in [6, 6.07) is 5.72. The number of carbonyl (C=O) groups is 1. The summed E-state index contributed by atoms with van der Waals surface area (Å²) < 4.78 is 5.40. The maximum Gasteiger partial charge on any atom is 0.244 e. The maximum atomic E-state index is 11.7. The molecule has 1 heterocycles. The van der Waals surface area contributed by atoms with E-state index < -0.39 is 5.54 Å². The smallest absolute Gasteiger partial charge is 0.244 e. The molecule has 1 aromatic carbocycles. The highest BCUT2D eigenvalue weighted by Crippen LogP contribution is 2.34. The zero-order valence-corrected chi connectivity index (χ0v) is 10.2. The number of hydrogen-bond acceptors (Lipinski definition) is 3. The maximum absolute atomic E-state index is 11.7. The van der Waals surface area contributed by atoms with E-state index in [1.54, 1.807) is 0 Å². The van der Waals surface area contributed by atoms with Crippen molar-refractivity contribution in [2.45, 2.75) is 24.8 Å². The van der Waals surface area contributed by atoms with Crippen molar-refractivity contribution in [1.29, 1.82) is 0 Å². The van der Waals surface area contributed by atoms with E-state index in [1.807, 2.05) is 18.2 Å². The van der Waals surface area contributed by atoms with Crippen LogP contribution in [0.5, 0.6) is 5.75 Å². The second-order valence-electron chi connectivity index (χ2n) is 4.53. The molecule has 5 heteroatoms. The monoisotopic (exact) mass is 254 g/mol. The molecule has 1 saturated carbocycles. The standard InChI is InChI=1S/C12H14N2O2.ClH/c13-12(4-5-12)11(15)14-9-1-2-10-8(7-9)3-6-16-10;/h1-2,7H,3-6,13H2,(H,14,15);1H. The molecule has 2 aliphatic rings. The van der Waals surface area contributed by atoms with Crippen LogP contribution in [-0.4, -0.2) is 18.1 Å². The molecule has 0 aromatic heterocycles. The van der Waals surface area contributed by atoms with Gasteiger partial charge in [0.1, 0.15) is 5.75 Å². The van der Waals surface area contributed by atoms with Crippen molar-refractivity contribution in [3.8, 4) is 5.75 Å². The van der Waals surface area contributed by atoms with Gasteiger partial charge in [-0.15, -0.1) is 12.4 Å². The molecule has 1 amide bonds. The Morgan fingerprint density at radius 3 is 2.88 bits per heavy atom. The van der Waals surface area contributed by atoms with Gasteiger partial charge in [-0.25, -0.2) is 0 Å². The Labute approximate surface area is 106 Å². The molecular weight excluding hydrogens is 240 g/mol. The first-order valence-electron chi connectivity index (χ1n) is 5.53. The van der Waals surface area contributed by atoms with Crippen LogP contribution in [0.3, 0.4) is 0 Å². The van der Waals surface area contributed by atoms with E-state index in [-0.39, 0.29) is 18.3 Å². The summed E-state index contributed by atoms with van der Waals surface area (Å²) >= 11 is 0. The van der Waals surface area contributed by atoms with E-state index in [0.29, 0.717) is 0 Å². The number of hydrogen-bond donors (Lipinski definition) is 2. The molecular formula is C12H15ClN2O2. The Bertz CT molecular complexity index is 458. The van der Waals surface area contributed by atoms with Gasteiger partial charge in [0.25, 0.3) is 0 Å². The molecule has 0 spiro atoms. The molecule has 4 nitrogen and oxygen atoms in total. The van der Waals surface area contributed by atoms with Gasteiger partial charge in [-0.05, 0) is 36.6 Å². The highest BCUT2D eigenvalue weighted by atomic mass is 35.5. The van der Waals surface area contributed by atoms with Gasteiger partial charge < -0.3 is 15.8 Å². The first-order chi connectivity index (χ1) is 7.67. The number of fused-ring (bicyclic) bond motifs is 1. The third-order valence-corrected chi connectivity index (χ3v) is 3.19. The minimum absolute atomic E-state index is 0. The summed E-state index contributed by atoms with van der Waals surface area (Å²) in [5, 5.41) is 2.85. The van der Waals surface area contributed by atoms with Crippen LogP contribution in [-0.2, 0) is 11.2 Å².